The topological polar surface area (TPSA) is 25.8 Å². The number of hydrogen-bond donors (Lipinski definition) is 0. The second kappa shape index (κ2) is 3.61. The molecular formula is C6H9IN2S. The maximum atomic E-state index is 4.24. The van der Waals surface area contributed by atoms with Gasteiger partial charge in [0.15, 0.2) is 3.01 Å². The van der Waals surface area contributed by atoms with Gasteiger partial charge in [-0.05, 0) is 40.0 Å². The lowest BCUT2D eigenvalue weighted by atomic mass is 10.1. The monoisotopic (exact) mass is 268 g/mol. The maximum Gasteiger partial charge on any atom is 0.173 e. The van der Waals surface area contributed by atoms with Crippen molar-refractivity contribution in [2.75, 3.05) is 0 Å². The van der Waals surface area contributed by atoms with Crippen LogP contribution < -0.4 is 0 Å². The molecular weight excluding hydrogens is 259 g/mol. The highest BCUT2D eigenvalue weighted by molar-refractivity contribution is 14.1. The van der Waals surface area contributed by atoms with Crippen LogP contribution in [0.4, 0.5) is 0 Å². The molecule has 0 bridgehead atoms. The van der Waals surface area contributed by atoms with E-state index in [2.05, 4.69) is 45.8 Å². The predicted molar refractivity (Wildman–Crippen MR) is 51.2 cm³/mol. The van der Waals surface area contributed by atoms with Gasteiger partial charge in [0.1, 0.15) is 5.82 Å². The summed E-state index contributed by atoms with van der Waals surface area (Å²) in [5, 5.41) is 0. The van der Waals surface area contributed by atoms with Gasteiger partial charge in [-0.2, -0.15) is 4.37 Å². The summed E-state index contributed by atoms with van der Waals surface area (Å²) in [7, 11) is 0. The lowest BCUT2D eigenvalue weighted by Crippen LogP contribution is -1.95. The number of hydrogen-bond acceptors (Lipinski definition) is 3. The summed E-state index contributed by atoms with van der Waals surface area (Å²) in [5.41, 5.74) is 0. The number of rotatable bonds is 2. The first-order valence-corrected chi connectivity index (χ1v) is 5.02. The highest BCUT2D eigenvalue weighted by Gasteiger charge is 2.02. The third kappa shape index (κ3) is 2.49. The van der Waals surface area contributed by atoms with Gasteiger partial charge >= 0.3 is 0 Å². The van der Waals surface area contributed by atoms with Crippen molar-refractivity contribution in [3.8, 4) is 0 Å². The number of halogens is 1. The van der Waals surface area contributed by atoms with Crippen LogP contribution in [0.15, 0.2) is 0 Å². The fourth-order valence-electron chi connectivity index (χ4n) is 0.681. The first-order chi connectivity index (χ1) is 4.68. The van der Waals surface area contributed by atoms with Gasteiger partial charge in [-0.25, -0.2) is 4.98 Å². The summed E-state index contributed by atoms with van der Waals surface area (Å²) in [6.07, 6.45) is 1.000. The van der Waals surface area contributed by atoms with Crippen LogP contribution in [0.1, 0.15) is 19.7 Å². The zero-order chi connectivity index (χ0) is 7.56. The lowest BCUT2D eigenvalue weighted by molar-refractivity contribution is 0.626. The van der Waals surface area contributed by atoms with E-state index in [1.807, 2.05) is 0 Å². The maximum absolute atomic E-state index is 4.24. The molecule has 0 saturated carbocycles. The van der Waals surface area contributed by atoms with Crippen LogP contribution in [0.5, 0.6) is 0 Å². The second-order valence-electron chi connectivity index (χ2n) is 2.56. The standard InChI is InChI=1S/C6H9IN2S/c1-4(2)3-5-8-6(7)10-9-5/h4H,3H2,1-2H3. The molecule has 0 spiro atoms. The molecule has 0 unspecified atom stereocenters. The van der Waals surface area contributed by atoms with E-state index in [1.165, 1.54) is 11.5 Å². The Morgan fingerprint density at radius 1 is 1.60 bits per heavy atom. The molecule has 10 heavy (non-hydrogen) atoms. The minimum absolute atomic E-state index is 0.658. The van der Waals surface area contributed by atoms with E-state index in [0.717, 1.165) is 15.3 Å². The molecule has 0 aliphatic rings. The molecule has 0 atom stereocenters. The largest absolute Gasteiger partial charge is 0.213 e. The highest BCUT2D eigenvalue weighted by atomic mass is 127. The SMILES string of the molecule is CC(C)Cc1nsc(I)n1. The molecule has 0 amide bonds. The van der Waals surface area contributed by atoms with Crippen molar-refractivity contribution in [2.24, 2.45) is 5.92 Å². The van der Waals surface area contributed by atoms with Crippen molar-refractivity contribution in [1.82, 2.24) is 9.36 Å². The Hall–Kier alpha value is 0.290. The molecule has 1 rings (SSSR count). The van der Waals surface area contributed by atoms with Crippen molar-refractivity contribution >= 4 is 34.1 Å². The summed E-state index contributed by atoms with van der Waals surface area (Å²) < 4.78 is 5.21. The summed E-state index contributed by atoms with van der Waals surface area (Å²) in [6.45, 7) is 4.35. The van der Waals surface area contributed by atoms with E-state index in [9.17, 15) is 0 Å². The Labute approximate surface area is 78.4 Å². The van der Waals surface area contributed by atoms with E-state index < -0.39 is 0 Å². The minimum atomic E-state index is 0.658. The zero-order valence-electron chi connectivity index (χ0n) is 5.97. The first kappa shape index (κ1) is 8.39. The van der Waals surface area contributed by atoms with Crippen LogP contribution >= 0.6 is 34.1 Å². The van der Waals surface area contributed by atoms with Gasteiger partial charge in [-0.3, -0.25) is 0 Å². The van der Waals surface area contributed by atoms with Crippen molar-refractivity contribution in [3.05, 3.63) is 8.84 Å². The Morgan fingerprint density at radius 2 is 2.30 bits per heavy atom. The van der Waals surface area contributed by atoms with Gasteiger partial charge in [0.25, 0.3) is 0 Å². The molecule has 0 fully saturated rings. The molecule has 1 aromatic heterocycles. The van der Waals surface area contributed by atoms with Crippen molar-refractivity contribution in [2.45, 2.75) is 20.3 Å². The molecule has 0 N–H and O–H groups in total. The third-order valence-corrected chi connectivity index (χ3v) is 2.41. The molecule has 4 heteroatoms. The second-order valence-corrected chi connectivity index (χ2v) is 5.07. The average molecular weight is 268 g/mol. The van der Waals surface area contributed by atoms with E-state index in [-0.39, 0.29) is 0 Å². The van der Waals surface area contributed by atoms with Crippen LogP contribution in [0, 0.1) is 8.93 Å². The van der Waals surface area contributed by atoms with Gasteiger partial charge in [-0.15, -0.1) is 0 Å². The van der Waals surface area contributed by atoms with E-state index in [1.54, 1.807) is 0 Å². The fraction of sp³-hybridized carbons (Fsp3) is 0.667. The van der Waals surface area contributed by atoms with Gasteiger partial charge in [0.05, 0.1) is 0 Å². The van der Waals surface area contributed by atoms with Gasteiger partial charge in [0.2, 0.25) is 0 Å². The lowest BCUT2D eigenvalue weighted by Gasteiger charge is -1.96. The third-order valence-electron chi connectivity index (χ3n) is 1.03. The molecule has 0 aromatic carbocycles. The predicted octanol–water partition coefficient (Wildman–Crippen LogP) is 2.34. The summed E-state index contributed by atoms with van der Waals surface area (Å²) in [6, 6.07) is 0. The Kier molecular flexibility index (Phi) is 3.03. The number of nitrogens with zero attached hydrogens (tertiary/aromatic N) is 2. The Morgan fingerprint density at radius 3 is 2.70 bits per heavy atom. The van der Waals surface area contributed by atoms with Crippen LogP contribution in [0.3, 0.4) is 0 Å². The normalized spacial score (nSPS) is 10.8. The summed E-state index contributed by atoms with van der Waals surface area (Å²) >= 11 is 3.66. The smallest absolute Gasteiger partial charge is 0.173 e. The molecule has 56 valence electrons. The minimum Gasteiger partial charge on any atom is -0.213 e. The quantitative estimate of drug-likeness (QED) is 0.769. The van der Waals surface area contributed by atoms with E-state index in [4.69, 9.17) is 0 Å². The molecule has 1 heterocycles. The molecule has 0 aliphatic carbocycles. The van der Waals surface area contributed by atoms with Crippen molar-refractivity contribution in [1.29, 1.82) is 0 Å². The molecule has 2 nitrogen and oxygen atoms in total. The van der Waals surface area contributed by atoms with Gasteiger partial charge in [-0.1, -0.05) is 13.8 Å². The molecule has 1 aromatic rings. The first-order valence-electron chi connectivity index (χ1n) is 3.16. The average Bonchev–Trinajstić information content (AvgIpc) is 2.13. The van der Waals surface area contributed by atoms with Crippen LogP contribution in [0.2, 0.25) is 0 Å². The van der Waals surface area contributed by atoms with Gasteiger partial charge in [0, 0.05) is 6.42 Å². The summed E-state index contributed by atoms with van der Waals surface area (Å²) in [4.78, 5) is 4.24. The zero-order valence-corrected chi connectivity index (χ0v) is 8.94. The van der Waals surface area contributed by atoms with Crippen LogP contribution in [0.25, 0.3) is 0 Å². The molecule has 0 aliphatic heterocycles. The van der Waals surface area contributed by atoms with E-state index >= 15 is 0 Å². The Balaban J connectivity index is 2.58. The Bertz CT molecular complexity index is 209. The number of aromatic nitrogens is 2. The van der Waals surface area contributed by atoms with E-state index in [0.29, 0.717) is 5.92 Å². The molecule has 0 saturated heterocycles. The van der Waals surface area contributed by atoms with Crippen molar-refractivity contribution in [3.63, 3.8) is 0 Å². The highest BCUT2D eigenvalue weighted by Crippen LogP contribution is 2.10. The van der Waals surface area contributed by atoms with Crippen LogP contribution in [-0.2, 0) is 6.42 Å². The van der Waals surface area contributed by atoms with Crippen LogP contribution in [-0.4, -0.2) is 9.36 Å². The fourth-order valence-corrected chi connectivity index (χ4v) is 1.70. The van der Waals surface area contributed by atoms with Crippen molar-refractivity contribution < 1.29 is 0 Å². The molecule has 0 radical (unpaired) electrons. The summed E-state index contributed by atoms with van der Waals surface area (Å²) in [5.74, 6) is 1.65. The van der Waals surface area contributed by atoms with Gasteiger partial charge < -0.3 is 0 Å².